The fourth-order valence-corrected chi connectivity index (χ4v) is 6.87. The molecule has 0 amide bonds. The molecule has 4 nitrogen and oxygen atoms in total. The lowest BCUT2D eigenvalue weighted by atomic mass is 9.48. The fourth-order valence-electron chi connectivity index (χ4n) is 6.87. The number of allylic oxidation sites excluding steroid dienone is 3. The Labute approximate surface area is 177 Å². The molecule has 0 radical (unpaired) electrons. The Bertz CT molecular complexity index is 974. The standard InChI is InChI=1S/C26H28O4/c1-25-12-10-17(27)14-21(25)22(30-24(29)16-6-4-3-5-7-16)15-18-19-8-9-23(28)26(19,2)13-11-20(18)25/h3-7,10,12,14,18-20,22H,8-9,11,13,15H2,1-2H3/t18-,19-,20-,22+,25+,26-/m0/s1. The number of ketones is 2. The molecule has 0 aromatic heterocycles. The second kappa shape index (κ2) is 6.76. The molecule has 0 saturated heterocycles. The van der Waals surface area contributed by atoms with Gasteiger partial charge in [0.15, 0.2) is 5.78 Å². The van der Waals surface area contributed by atoms with Crippen molar-refractivity contribution in [2.24, 2.45) is 28.6 Å². The fraction of sp³-hybridized carbons (Fsp3) is 0.500. The lowest BCUT2D eigenvalue weighted by molar-refractivity contribution is -0.133. The number of carbonyl (C=O) groups excluding carboxylic acids is 3. The predicted octanol–water partition coefficient (Wildman–Crippen LogP) is 4.70. The van der Waals surface area contributed by atoms with Gasteiger partial charge in [-0.1, -0.05) is 38.1 Å². The zero-order valence-corrected chi connectivity index (χ0v) is 17.6. The smallest absolute Gasteiger partial charge is 0.338 e. The van der Waals surface area contributed by atoms with Crippen LogP contribution in [0.2, 0.25) is 0 Å². The summed E-state index contributed by atoms with van der Waals surface area (Å²) in [4.78, 5) is 37.8. The highest BCUT2D eigenvalue weighted by Gasteiger charge is 2.60. The summed E-state index contributed by atoms with van der Waals surface area (Å²) in [5, 5.41) is 0. The molecule has 156 valence electrons. The van der Waals surface area contributed by atoms with Crippen LogP contribution in [-0.4, -0.2) is 23.6 Å². The van der Waals surface area contributed by atoms with Gasteiger partial charge >= 0.3 is 5.97 Å². The van der Waals surface area contributed by atoms with Crippen molar-refractivity contribution < 1.29 is 19.1 Å². The summed E-state index contributed by atoms with van der Waals surface area (Å²) >= 11 is 0. The maximum absolute atomic E-state index is 12.9. The highest BCUT2D eigenvalue weighted by atomic mass is 16.5. The highest BCUT2D eigenvalue weighted by Crippen LogP contribution is 2.63. The van der Waals surface area contributed by atoms with E-state index in [4.69, 9.17) is 4.74 Å². The van der Waals surface area contributed by atoms with Gasteiger partial charge in [0.2, 0.25) is 0 Å². The third kappa shape index (κ3) is 2.76. The molecule has 4 aliphatic carbocycles. The minimum absolute atomic E-state index is 0.0432. The van der Waals surface area contributed by atoms with Gasteiger partial charge in [-0.05, 0) is 73.3 Å². The molecule has 4 aliphatic rings. The van der Waals surface area contributed by atoms with Gasteiger partial charge in [-0.25, -0.2) is 4.79 Å². The number of carbonyl (C=O) groups is 3. The van der Waals surface area contributed by atoms with E-state index in [9.17, 15) is 14.4 Å². The van der Waals surface area contributed by atoms with Gasteiger partial charge in [-0.15, -0.1) is 0 Å². The summed E-state index contributed by atoms with van der Waals surface area (Å²) in [7, 11) is 0. The van der Waals surface area contributed by atoms with Crippen LogP contribution in [0, 0.1) is 28.6 Å². The van der Waals surface area contributed by atoms with Crippen LogP contribution in [0.5, 0.6) is 0 Å². The van der Waals surface area contributed by atoms with E-state index in [1.807, 2.05) is 24.3 Å². The van der Waals surface area contributed by atoms with E-state index in [1.165, 1.54) is 0 Å². The van der Waals surface area contributed by atoms with Gasteiger partial charge in [0, 0.05) is 17.3 Å². The average molecular weight is 405 g/mol. The largest absolute Gasteiger partial charge is 0.454 e. The van der Waals surface area contributed by atoms with Crippen LogP contribution in [0.3, 0.4) is 0 Å². The first-order valence-electron chi connectivity index (χ1n) is 11.1. The zero-order chi connectivity index (χ0) is 21.1. The molecule has 0 spiro atoms. The number of fused-ring (bicyclic) bond motifs is 5. The number of Topliss-reactive ketones (excluding diaryl/α,β-unsaturated/α-hetero) is 1. The van der Waals surface area contributed by atoms with E-state index < -0.39 is 6.10 Å². The molecule has 0 bridgehead atoms. The van der Waals surface area contributed by atoms with Crippen LogP contribution in [0.4, 0.5) is 0 Å². The van der Waals surface area contributed by atoms with Crippen molar-refractivity contribution in [1.29, 1.82) is 0 Å². The first-order chi connectivity index (χ1) is 14.3. The van der Waals surface area contributed by atoms with Crippen LogP contribution in [0.15, 0.2) is 54.1 Å². The van der Waals surface area contributed by atoms with Crippen molar-refractivity contribution >= 4 is 17.5 Å². The zero-order valence-electron chi connectivity index (χ0n) is 17.6. The summed E-state index contributed by atoms with van der Waals surface area (Å²) in [6, 6.07) is 9.01. The Kier molecular flexibility index (Phi) is 4.39. The van der Waals surface area contributed by atoms with Gasteiger partial charge in [0.25, 0.3) is 0 Å². The summed E-state index contributed by atoms with van der Waals surface area (Å²) < 4.78 is 6.04. The second-order valence-corrected chi connectivity index (χ2v) is 9.91. The molecule has 0 N–H and O–H groups in total. The van der Waals surface area contributed by atoms with E-state index >= 15 is 0 Å². The summed E-state index contributed by atoms with van der Waals surface area (Å²) in [6.45, 7) is 4.32. The van der Waals surface area contributed by atoms with Crippen LogP contribution >= 0.6 is 0 Å². The number of benzene rings is 1. The third-order valence-corrected chi connectivity index (χ3v) is 8.52. The second-order valence-electron chi connectivity index (χ2n) is 9.91. The number of rotatable bonds is 2. The lowest BCUT2D eigenvalue weighted by Gasteiger charge is -2.57. The predicted molar refractivity (Wildman–Crippen MR) is 113 cm³/mol. The van der Waals surface area contributed by atoms with E-state index in [2.05, 4.69) is 13.8 Å². The maximum atomic E-state index is 12.9. The number of hydrogen-bond acceptors (Lipinski definition) is 4. The monoisotopic (exact) mass is 404 g/mol. The van der Waals surface area contributed by atoms with Gasteiger partial charge < -0.3 is 4.74 Å². The SMILES string of the molecule is C[C@]12C=CC(=O)C=C1[C@H](OC(=O)c1ccccc1)C[C@@H]1[C@@H]2CC[C@]2(C)C(=O)CC[C@@H]12. The number of ether oxygens (including phenoxy) is 1. The Morgan fingerprint density at radius 3 is 2.60 bits per heavy atom. The summed E-state index contributed by atoms with van der Waals surface area (Å²) in [5.41, 5.74) is 0.879. The first kappa shape index (κ1) is 19.5. The number of esters is 1. The van der Waals surface area contributed by atoms with Crippen molar-refractivity contribution in [3.05, 3.63) is 59.7 Å². The molecule has 0 aliphatic heterocycles. The normalized spacial score (nSPS) is 39.6. The third-order valence-electron chi connectivity index (χ3n) is 8.52. The molecule has 4 heteroatoms. The van der Waals surface area contributed by atoms with Crippen molar-refractivity contribution in [3.8, 4) is 0 Å². The first-order valence-corrected chi connectivity index (χ1v) is 11.1. The minimum Gasteiger partial charge on any atom is -0.454 e. The Morgan fingerprint density at radius 1 is 1.07 bits per heavy atom. The Hall–Kier alpha value is -2.49. The molecule has 5 rings (SSSR count). The van der Waals surface area contributed by atoms with Crippen LogP contribution < -0.4 is 0 Å². The molecule has 0 heterocycles. The van der Waals surface area contributed by atoms with Crippen LogP contribution in [0.25, 0.3) is 0 Å². The quantitative estimate of drug-likeness (QED) is 0.671. The molecule has 30 heavy (non-hydrogen) atoms. The van der Waals surface area contributed by atoms with E-state index in [0.29, 0.717) is 41.9 Å². The molecule has 3 saturated carbocycles. The lowest BCUT2D eigenvalue weighted by Crippen LogP contribution is -2.53. The van der Waals surface area contributed by atoms with Gasteiger partial charge in [-0.3, -0.25) is 9.59 Å². The number of hydrogen-bond donors (Lipinski definition) is 0. The van der Waals surface area contributed by atoms with Gasteiger partial charge in [0.1, 0.15) is 11.9 Å². The Morgan fingerprint density at radius 2 is 1.83 bits per heavy atom. The maximum Gasteiger partial charge on any atom is 0.338 e. The highest BCUT2D eigenvalue weighted by molar-refractivity contribution is 6.01. The van der Waals surface area contributed by atoms with Crippen molar-refractivity contribution in [2.45, 2.75) is 52.1 Å². The molecule has 0 unspecified atom stereocenters. The average Bonchev–Trinajstić information content (AvgIpc) is 3.05. The minimum atomic E-state index is -0.434. The van der Waals surface area contributed by atoms with E-state index in [1.54, 1.807) is 24.3 Å². The van der Waals surface area contributed by atoms with Crippen molar-refractivity contribution in [3.63, 3.8) is 0 Å². The van der Waals surface area contributed by atoms with E-state index in [-0.39, 0.29) is 22.6 Å². The molecule has 6 atom stereocenters. The molecule has 1 aromatic carbocycles. The molecular weight excluding hydrogens is 376 g/mol. The van der Waals surface area contributed by atoms with Crippen LogP contribution in [-0.2, 0) is 14.3 Å². The van der Waals surface area contributed by atoms with Crippen molar-refractivity contribution in [1.82, 2.24) is 0 Å². The van der Waals surface area contributed by atoms with Gasteiger partial charge in [0.05, 0.1) is 5.56 Å². The molecule has 3 fully saturated rings. The van der Waals surface area contributed by atoms with Crippen molar-refractivity contribution in [2.75, 3.05) is 0 Å². The Balaban J connectivity index is 1.52. The summed E-state index contributed by atoms with van der Waals surface area (Å²) in [5.74, 6) is 0.993. The topological polar surface area (TPSA) is 60.4 Å². The molecule has 1 aromatic rings. The van der Waals surface area contributed by atoms with E-state index in [0.717, 1.165) is 24.8 Å². The summed E-state index contributed by atoms with van der Waals surface area (Å²) in [6.07, 6.45) is 9.11. The van der Waals surface area contributed by atoms with Gasteiger partial charge in [-0.2, -0.15) is 0 Å². The molecular formula is C26H28O4. The van der Waals surface area contributed by atoms with Crippen LogP contribution in [0.1, 0.15) is 56.3 Å².